The zero-order valence-corrected chi connectivity index (χ0v) is 17.2. The van der Waals surface area contributed by atoms with E-state index in [1.54, 1.807) is 17.0 Å². The molecule has 31 heavy (non-hydrogen) atoms. The normalized spacial score (nSPS) is 15.5. The number of benzene rings is 2. The Kier molecular flexibility index (Phi) is 6.03. The Morgan fingerprint density at radius 3 is 2.39 bits per heavy atom. The van der Waals surface area contributed by atoms with Crippen molar-refractivity contribution in [1.29, 1.82) is 0 Å². The molecule has 160 valence electrons. The first-order chi connectivity index (χ1) is 15.0. The van der Waals surface area contributed by atoms with Gasteiger partial charge in [0.25, 0.3) is 5.91 Å². The van der Waals surface area contributed by atoms with Crippen LogP contribution in [0.5, 0.6) is 0 Å². The van der Waals surface area contributed by atoms with E-state index in [1.807, 2.05) is 37.3 Å². The van der Waals surface area contributed by atoms with Gasteiger partial charge in [-0.05, 0) is 31.2 Å². The summed E-state index contributed by atoms with van der Waals surface area (Å²) >= 11 is 0. The molecule has 0 aliphatic carbocycles. The second-order valence-electron chi connectivity index (χ2n) is 7.35. The van der Waals surface area contributed by atoms with Gasteiger partial charge in [0.2, 0.25) is 11.9 Å². The van der Waals surface area contributed by atoms with Crippen LogP contribution in [-0.4, -0.2) is 56.8 Å². The first-order valence-electron chi connectivity index (χ1n) is 10.1. The topological polar surface area (TPSA) is 100 Å². The molecular weight excluding hydrogens is 397 g/mol. The number of amides is 1. The summed E-state index contributed by atoms with van der Waals surface area (Å²) in [5.74, 6) is 0.295. The van der Waals surface area contributed by atoms with Crippen molar-refractivity contribution in [2.75, 3.05) is 37.2 Å². The number of halogens is 1. The lowest BCUT2D eigenvalue weighted by molar-refractivity contribution is 0.0571. The first kappa shape index (κ1) is 20.7. The molecule has 0 radical (unpaired) electrons. The number of hydrogen-bond acceptors (Lipinski definition) is 7. The van der Waals surface area contributed by atoms with Gasteiger partial charge in [0.05, 0.1) is 11.6 Å². The molecule has 3 N–H and O–H groups in total. The Labute approximate surface area is 179 Å². The van der Waals surface area contributed by atoms with Crippen molar-refractivity contribution in [3.63, 3.8) is 0 Å². The first-order valence-corrected chi connectivity index (χ1v) is 10.1. The fourth-order valence-electron chi connectivity index (χ4n) is 3.58. The van der Waals surface area contributed by atoms with E-state index in [-0.39, 0.29) is 23.5 Å². The van der Waals surface area contributed by atoms with E-state index in [0.29, 0.717) is 38.0 Å². The number of anilines is 3. The van der Waals surface area contributed by atoms with Crippen LogP contribution in [-0.2, 0) is 0 Å². The standard InChI is InChI=1S/C22H24FN7O/c1-15(19-26-21(24)28-22(27-19)25-16-7-3-2-4-8-16)29-11-13-30(14-12-29)20(31)17-9-5-6-10-18(17)23/h2-10,15H,11-14H2,1H3,(H3,24,25,26,27,28)/t15-/m1/s1. The Morgan fingerprint density at radius 2 is 1.68 bits per heavy atom. The van der Waals surface area contributed by atoms with Crippen LogP contribution in [0.3, 0.4) is 0 Å². The monoisotopic (exact) mass is 421 g/mol. The lowest BCUT2D eigenvalue weighted by atomic mass is 10.1. The van der Waals surface area contributed by atoms with Crippen molar-refractivity contribution in [3.8, 4) is 0 Å². The number of nitrogens with one attached hydrogen (secondary N) is 1. The van der Waals surface area contributed by atoms with Crippen LogP contribution in [0.1, 0.15) is 29.1 Å². The SMILES string of the molecule is C[C@H](c1nc(N)nc(Nc2ccccc2)n1)N1CCN(C(=O)c2ccccc2F)CC1. The summed E-state index contributed by atoms with van der Waals surface area (Å²) in [6.07, 6.45) is 0. The average molecular weight is 421 g/mol. The minimum absolute atomic E-state index is 0.103. The number of hydrogen-bond donors (Lipinski definition) is 2. The third-order valence-corrected chi connectivity index (χ3v) is 5.33. The van der Waals surface area contributed by atoms with Crippen LogP contribution in [0.2, 0.25) is 0 Å². The smallest absolute Gasteiger partial charge is 0.256 e. The van der Waals surface area contributed by atoms with E-state index in [4.69, 9.17) is 5.73 Å². The highest BCUT2D eigenvalue weighted by Gasteiger charge is 2.28. The van der Waals surface area contributed by atoms with Gasteiger partial charge in [0, 0.05) is 31.9 Å². The second-order valence-corrected chi connectivity index (χ2v) is 7.35. The molecule has 1 aliphatic rings. The minimum Gasteiger partial charge on any atom is -0.368 e. The summed E-state index contributed by atoms with van der Waals surface area (Å²) in [7, 11) is 0. The van der Waals surface area contributed by atoms with E-state index >= 15 is 0 Å². The number of nitrogens with two attached hydrogens (primary N) is 1. The van der Waals surface area contributed by atoms with Gasteiger partial charge >= 0.3 is 0 Å². The lowest BCUT2D eigenvalue weighted by Gasteiger charge is -2.37. The number of carbonyl (C=O) groups is 1. The number of carbonyl (C=O) groups excluding carboxylic acids is 1. The highest BCUT2D eigenvalue weighted by atomic mass is 19.1. The molecule has 0 saturated carbocycles. The minimum atomic E-state index is -0.498. The molecule has 1 amide bonds. The third-order valence-electron chi connectivity index (χ3n) is 5.33. The van der Waals surface area contributed by atoms with Crippen molar-refractivity contribution in [2.24, 2.45) is 0 Å². The number of nitrogen functional groups attached to an aromatic ring is 1. The zero-order valence-electron chi connectivity index (χ0n) is 17.2. The molecular formula is C22H24FN7O. The average Bonchev–Trinajstić information content (AvgIpc) is 2.79. The van der Waals surface area contributed by atoms with E-state index in [9.17, 15) is 9.18 Å². The molecule has 0 bridgehead atoms. The summed E-state index contributed by atoms with van der Waals surface area (Å²) < 4.78 is 14.0. The van der Waals surface area contributed by atoms with E-state index in [0.717, 1.165) is 5.69 Å². The van der Waals surface area contributed by atoms with Crippen LogP contribution in [0.25, 0.3) is 0 Å². The van der Waals surface area contributed by atoms with Gasteiger partial charge in [-0.3, -0.25) is 9.69 Å². The predicted molar refractivity (Wildman–Crippen MR) is 116 cm³/mol. The molecule has 0 unspecified atom stereocenters. The maximum absolute atomic E-state index is 14.0. The highest BCUT2D eigenvalue weighted by Crippen LogP contribution is 2.22. The van der Waals surface area contributed by atoms with Crippen molar-refractivity contribution in [2.45, 2.75) is 13.0 Å². The van der Waals surface area contributed by atoms with Gasteiger partial charge in [-0.1, -0.05) is 30.3 Å². The van der Waals surface area contributed by atoms with Gasteiger partial charge < -0.3 is 16.0 Å². The molecule has 3 aromatic rings. The van der Waals surface area contributed by atoms with Gasteiger partial charge in [-0.15, -0.1) is 0 Å². The summed E-state index contributed by atoms with van der Waals surface area (Å²) in [4.78, 5) is 29.5. The molecule has 1 saturated heterocycles. The number of nitrogens with zero attached hydrogens (tertiary/aromatic N) is 5. The molecule has 2 aromatic carbocycles. The predicted octanol–water partition coefficient (Wildman–Crippen LogP) is 2.86. The molecule has 1 aliphatic heterocycles. The Balaban J connectivity index is 1.42. The molecule has 8 nitrogen and oxygen atoms in total. The fourth-order valence-corrected chi connectivity index (χ4v) is 3.58. The Hall–Kier alpha value is -3.59. The van der Waals surface area contributed by atoms with Crippen molar-refractivity contribution < 1.29 is 9.18 Å². The molecule has 0 spiro atoms. The number of aromatic nitrogens is 3. The molecule has 4 rings (SSSR count). The van der Waals surface area contributed by atoms with Gasteiger partial charge in [0.15, 0.2) is 5.82 Å². The van der Waals surface area contributed by atoms with Gasteiger partial charge in [-0.2, -0.15) is 15.0 Å². The second kappa shape index (κ2) is 9.05. The van der Waals surface area contributed by atoms with Crippen LogP contribution < -0.4 is 11.1 Å². The van der Waals surface area contributed by atoms with Gasteiger partial charge in [0.1, 0.15) is 5.82 Å². The van der Waals surface area contributed by atoms with E-state index < -0.39 is 5.82 Å². The van der Waals surface area contributed by atoms with E-state index in [2.05, 4.69) is 25.2 Å². The molecule has 2 heterocycles. The molecule has 1 fully saturated rings. The third kappa shape index (κ3) is 4.77. The van der Waals surface area contributed by atoms with Crippen LogP contribution >= 0.6 is 0 Å². The summed E-state index contributed by atoms with van der Waals surface area (Å²) in [5.41, 5.74) is 6.87. The molecule has 9 heteroatoms. The molecule has 1 atom stereocenters. The largest absolute Gasteiger partial charge is 0.368 e. The maximum Gasteiger partial charge on any atom is 0.256 e. The van der Waals surface area contributed by atoms with Crippen molar-refractivity contribution >= 4 is 23.5 Å². The van der Waals surface area contributed by atoms with Gasteiger partial charge in [-0.25, -0.2) is 4.39 Å². The number of piperazine rings is 1. The maximum atomic E-state index is 14.0. The van der Waals surface area contributed by atoms with Crippen molar-refractivity contribution in [1.82, 2.24) is 24.8 Å². The summed E-state index contributed by atoms with van der Waals surface area (Å²) in [5, 5.41) is 3.14. The van der Waals surface area contributed by atoms with E-state index in [1.165, 1.54) is 12.1 Å². The lowest BCUT2D eigenvalue weighted by Crippen LogP contribution is -2.49. The van der Waals surface area contributed by atoms with Crippen molar-refractivity contribution in [3.05, 3.63) is 71.8 Å². The zero-order chi connectivity index (χ0) is 21.8. The number of para-hydroxylation sites is 1. The Morgan fingerprint density at radius 1 is 1.00 bits per heavy atom. The number of rotatable bonds is 5. The quantitative estimate of drug-likeness (QED) is 0.653. The fraction of sp³-hybridized carbons (Fsp3) is 0.273. The van der Waals surface area contributed by atoms with Crippen LogP contribution in [0, 0.1) is 5.82 Å². The Bertz CT molecular complexity index is 1050. The summed E-state index contributed by atoms with van der Waals surface area (Å²) in [6.45, 7) is 4.22. The molecule has 1 aromatic heterocycles. The highest BCUT2D eigenvalue weighted by molar-refractivity contribution is 5.94. The summed E-state index contributed by atoms with van der Waals surface area (Å²) in [6, 6.07) is 15.5. The van der Waals surface area contributed by atoms with Crippen LogP contribution in [0.4, 0.5) is 22.0 Å². The van der Waals surface area contributed by atoms with Crippen LogP contribution in [0.15, 0.2) is 54.6 Å².